The van der Waals surface area contributed by atoms with Crippen molar-refractivity contribution in [3.8, 4) is 0 Å². The molecule has 386 valence electrons. The molecule has 0 radical (unpaired) electrons. The van der Waals surface area contributed by atoms with Gasteiger partial charge in [-0.1, -0.05) is 0 Å². The smallest absolute Gasteiger partial charge is 0.330 e. The zero-order valence-electron chi connectivity index (χ0n) is 40.1. The van der Waals surface area contributed by atoms with Crippen molar-refractivity contribution in [3.05, 3.63) is 32.9 Å². The van der Waals surface area contributed by atoms with Gasteiger partial charge >= 0.3 is 5.69 Å². The molecule has 0 bridgehead atoms. The van der Waals surface area contributed by atoms with Gasteiger partial charge in [-0.25, -0.2) is 4.79 Å². The number of methoxy groups -OCH3 is 2. The Hall–Kier alpha value is -3.05. The van der Waals surface area contributed by atoms with Crippen molar-refractivity contribution in [2.45, 2.75) is 110 Å². The topological polar surface area (TPSA) is 268 Å². The van der Waals surface area contributed by atoms with Crippen molar-refractivity contribution in [1.82, 2.24) is 20.2 Å². The fourth-order valence-electron chi connectivity index (χ4n) is 5.65. The van der Waals surface area contributed by atoms with Crippen LogP contribution >= 0.6 is 0 Å². The molecule has 24 heteroatoms. The summed E-state index contributed by atoms with van der Waals surface area (Å²) in [5.41, 5.74) is 3.97. The van der Waals surface area contributed by atoms with Gasteiger partial charge in [-0.2, -0.15) is 4.39 Å². The average Bonchev–Trinajstić information content (AvgIpc) is 3.68. The molecule has 1 saturated heterocycles. The minimum Gasteiger partial charge on any atom is -0.382 e. The van der Waals surface area contributed by atoms with Crippen LogP contribution in [0.2, 0.25) is 0 Å². The van der Waals surface area contributed by atoms with Gasteiger partial charge in [0.05, 0.1) is 104 Å². The first-order valence-corrected chi connectivity index (χ1v) is 22.4. The highest BCUT2D eigenvalue weighted by molar-refractivity contribution is 5.82. The van der Waals surface area contributed by atoms with Crippen LogP contribution in [0.15, 0.2) is 15.8 Å². The lowest BCUT2D eigenvalue weighted by atomic mass is 10.1. The highest BCUT2D eigenvalue weighted by Crippen LogP contribution is 2.31. The number of carbonyl (C=O) groups is 2. The third-order valence-corrected chi connectivity index (χ3v) is 9.08. The summed E-state index contributed by atoms with van der Waals surface area (Å²) in [6.07, 6.45) is -1.73. The molecule has 23 nitrogen and oxygen atoms in total. The molecule has 1 aliphatic rings. The third kappa shape index (κ3) is 29.7. The number of aromatic amines is 1. The van der Waals surface area contributed by atoms with Gasteiger partial charge in [0, 0.05) is 53.4 Å². The minimum absolute atomic E-state index is 0.153. The third-order valence-electron chi connectivity index (χ3n) is 9.08. The fraction of sp³-hybridized carbons (Fsp3) is 0.857. The van der Waals surface area contributed by atoms with Crippen LogP contribution in [-0.4, -0.2) is 191 Å². The number of carbonyl (C=O) groups excluding carboxylic acids is 2. The Morgan fingerprint density at radius 3 is 1.85 bits per heavy atom. The Kier molecular flexibility index (Phi) is 35.9. The van der Waals surface area contributed by atoms with Crippen molar-refractivity contribution in [3.63, 3.8) is 0 Å². The molecule has 2 amide bonds. The van der Waals surface area contributed by atoms with Crippen molar-refractivity contribution in [2.24, 2.45) is 5.73 Å². The highest BCUT2D eigenvalue weighted by Gasteiger charge is 2.38. The van der Waals surface area contributed by atoms with E-state index in [2.05, 4.69) is 10.6 Å². The summed E-state index contributed by atoms with van der Waals surface area (Å²) in [6, 6.07) is -0.746. The van der Waals surface area contributed by atoms with Crippen LogP contribution in [0.3, 0.4) is 0 Å². The molecule has 5 unspecified atom stereocenters. The Morgan fingerprint density at radius 2 is 1.29 bits per heavy atom. The van der Waals surface area contributed by atoms with Crippen molar-refractivity contribution >= 4 is 11.8 Å². The van der Waals surface area contributed by atoms with Gasteiger partial charge < -0.3 is 82.7 Å². The second-order valence-electron chi connectivity index (χ2n) is 14.3. The number of hydrogen-bond acceptors (Lipinski definition) is 19. The normalized spacial score (nSPS) is 18.2. The molecule has 2 heterocycles. The monoisotopic (exact) mass is 960 g/mol. The van der Waals surface area contributed by atoms with Crippen LogP contribution < -0.4 is 27.6 Å². The van der Waals surface area contributed by atoms with Crippen molar-refractivity contribution in [2.75, 3.05) is 126 Å². The van der Waals surface area contributed by atoms with E-state index in [1.807, 2.05) is 32.7 Å². The molecular weight excluding hydrogens is 881 g/mol. The van der Waals surface area contributed by atoms with Crippen molar-refractivity contribution < 1.29 is 80.3 Å². The molecule has 1 aromatic heterocycles. The first kappa shape index (κ1) is 61.0. The Morgan fingerprint density at radius 1 is 0.758 bits per heavy atom. The molecule has 1 aromatic rings. The van der Waals surface area contributed by atoms with Crippen LogP contribution in [0.5, 0.6) is 0 Å². The fourth-order valence-corrected chi connectivity index (χ4v) is 5.65. The summed E-state index contributed by atoms with van der Waals surface area (Å²) in [4.78, 5) is 48.8. The van der Waals surface area contributed by atoms with E-state index in [-0.39, 0.29) is 56.6 Å². The Bertz CT molecular complexity index is 1500. The largest absolute Gasteiger partial charge is 0.382 e. The van der Waals surface area contributed by atoms with E-state index in [0.717, 1.165) is 10.8 Å². The lowest BCUT2D eigenvalue weighted by molar-refractivity contribution is -0.182. The molecule has 0 aromatic carbocycles. The maximum absolute atomic E-state index is 13.6. The molecule has 0 saturated carbocycles. The Labute approximate surface area is 387 Å². The van der Waals surface area contributed by atoms with Crippen LogP contribution in [0, 0.1) is 5.82 Å². The summed E-state index contributed by atoms with van der Waals surface area (Å²) < 4.78 is 90.3. The summed E-state index contributed by atoms with van der Waals surface area (Å²) >= 11 is 0. The zero-order chi connectivity index (χ0) is 49.0. The van der Waals surface area contributed by atoms with Gasteiger partial charge in [-0.3, -0.25) is 23.9 Å². The quantitative estimate of drug-likeness (QED) is 0.0519. The van der Waals surface area contributed by atoms with E-state index < -0.39 is 47.8 Å². The van der Waals surface area contributed by atoms with Crippen LogP contribution in [-0.2, 0) is 75.9 Å². The number of rotatable bonds is 39. The predicted octanol–water partition coefficient (Wildman–Crippen LogP) is 0.557. The molecule has 66 heavy (non-hydrogen) atoms. The molecule has 8 atom stereocenters. The summed E-state index contributed by atoms with van der Waals surface area (Å²) in [5.74, 6) is -1.54. The van der Waals surface area contributed by atoms with Gasteiger partial charge in [-0.05, 0) is 48.0 Å². The number of halogens is 1. The lowest BCUT2D eigenvalue weighted by Crippen LogP contribution is -2.42. The molecular formula is C42H78FN5O18. The number of H-pyrrole nitrogens is 1. The Balaban J connectivity index is 0.000000661. The summed E-state index contributed by atoms with van der Waals surface area (Å²) in [6.45, 7) is 17.9. The number of amides is 2. The predicted molar refractivity (Wildman–Crippen MR) is 235 cm³/mol. The van der Waals surface area contributed by atoms with Crippen LogP contribution in [0.1, 0.15) is 67.0 Å². The second-order valence-corrected chi connectivity index (χ2v) is 14.3. The molecule has 5 N–H and O–H groups in total. The molecule has 1 fully saturated rings. The van der Waals surface area contributed by atoms with E-state index >= 15 is 0 Å². The molecule has 1 aliphatic heterocycles. The molecule has 0 spiro atoms. The second kappa shape index (κ2) is 38.9. The summed E-state index contributed by atoms with van der Waals surface area (Å²) in [5, 5.41) is 5.40. The zero-order valence-corrected chi connectivity index (χ0v) is 40.1. The van der Waals surface area contributed by atoms with E-state index in [9.17, 15) is 23.6 Å². The van der Waals surface area contributed by atoms with Gasteiger partial charge in [0.1, 0.15) is 12.3 Å². The van der Waals surface area contributed by atoms with Crippen molar-refractivity contribution in [1.29, 1.82) is 0 Å². The number of nitrogens with zero attached hydrogens (tertiary/aromatic N) is 1. The average molecular weight is 960 g/mol. The van der Waals surface area contributed by atoms with Gasteiger partial charge in [0.15, 0.2) is 25.2 Å². The minimum atomic E-state index is -1.08. The first-order valence-electron chi connectivity index (χ1n) is 22.4. The number of nitrogens with two attached hydrogens (primary N) is 1. The number of nitrogens with one attached hydrogen (secondary N) is 3. The van der Waals surface area contributed by atoms with Crippen LogP contribution in [0.4, 0.5) is 4.39 Å². The molecule has 2 rings (SSSR count). The van der Waals surface area contributed by atoms with E-state index in [4.69, 9.17) is 72.0 Å². The summed E-state index contributed by atoms with van der Waals surface area (Å²) in [7, 11) is 3.09. The van der Waals surface area contributed by atoms with Crippen LogP contribution in [0.25, 0.3) is 0 Å². The molecule has 0 aliphatic carbocycles. The van der Waals surface area contributed by atoms with Gasteiger partial charge in [0.2, 0.25) is 17.6 Å². The van der Waals surface area contributed by atoms with E-state index in [1.54, 1.807) is 21.0 Å². The lowest BCUT2D eigenvalue weighted by Gasteiger charge is -2.22. The van der Waals surface area contributed by atoms with Gasteiger partial charge in [-0.15, -0.1) is 0 Å². The van der Waals surface area contributed by atoms with Gasteiger partial charge in [0.25, 0.3) is 5.56 Å². The number of hydrogen-bond donors (Lipinski definition) is 4. The number of aromatic nitrogens is 2. The first-order chi connectivity index (χ1) is 31.8. The maximum atomic E-state index is 13.6. The number of ether oxygens (including phenoxy) is 14. The van der Waals surface area contributed by atoms with E-state index in [1.165, 1.54) is 7.11 Å². The highest BCUT2D eigenvalue weighted by atomic mass is 19.1. The SMILES string of the molecule is CCOC(C)OCCOCCOC(C)O[C@@H]1C[C@H](n2cc(F)c(=O)[nH]c2=O)O[C@@H]1COC.CCOCCNC(=O)CCC(N)C(=O)NCCOCCOC(C)OCCOCCOC(C)OC. The maximum Gasteiger partial charge on any atom is 0.330 e. The standard InChI is InChI=1S/C22H45N3O9.C20H33FN2O9/c1-5-29-10-8-24-21(26)7-6-20(23)22(27)25-9-11-30-12-16-33-19(3)34-17-14-31-13-15-32-18(2)28-4;1-5-28-13(2)29-8-6-27-7-9-30-14(3)31-16-10-18(32-17(16)12-26-4)23-11-15(21)19(24)22-20(23)25/h18-20H,5-17,23H2,1-4H3,(H,24,26)(H,25,27);11,13-14,16-18H,5-10,12H2,1-4H3,(H,22,24,25)/t;13?,14?,16-,17-,18-/m.1/s1. The van der Waals surface area contributed by atoms with E-state index in [0.29, 0.717) is 106 Å².